The third kappa shape index (κ3) is 0.954. The summed E-state index contributed by atoms with van der Waals surface area (Å²) in [5.41, 5.74) is 3.68. The molecule has 2 aliphatic carbocycles. The monoisotopic (exact) mass is 220 g/mol. The van der Waals surface area contributed by atoms with Crippen LogP contribution in [-0.2, 0) is 4.79 Å². The lowest BCUT2D eigenvalue weighted by molar-refractivity contribution is -0.114. The molecule has 17 heavy (non-hydrogen) atoms. The van der Waals surface area contributed by atoms with Crippen LogP contribution in [0, 0.1) is 0 Å². The van der Waals surface area contributed by atoms with E-state index >= 15 is 0 Å². The highest BCUT2D eigenvalue weighted by atomic mass is 16.2. The molecule has 0 amide bonds. The van der Waals surface area contributed by atoms with Gasteiger partial charge in [0.05, 0.1) is 0 Å². The molecule has 2 aromatic carbocycles. The van der Waals surface area contributed by atoms with Gasteiger partial charge in [0, 0.05) is 12.0 Å². The summed E-state index contributed by atoms with van der Waals surface area (Å²) in [6.45, 7) is 0. The van der Waals surface area contributed by atoms with Crippen molar-refractivity contribution >= 4 is 34.0 Å². The van der Waals surface area contributed by atoms with Gasteiger partial charge in [0.2, 0.25) is 11.6 Å². The Morgan fingerprint density at radius 3 is 2.76 bits per heavy atom. The molecule has 0 atom stereocenters. The van der Waals surface area contributed by atoms with E-state index in [0.717, 1.165) is 27.5 Å². The van der Waals surface area contributed by atoms with E-state index in [1.165, 1.54) is 0 Å². The molecule has 0 spiro atoms. The van der Waals surface area contributed by atoms with Gasteiger partial charge in [0.1, 0.15) is 0 Å². The van der Waals surface area contributed by atoms with E-state index in [1.807, 2.05) is 30.3 Å². The summed E-state index contributed by atoms with van der Waals surface area (Å²) in [4.78, 5) is 23.5. The predicted octanol–water partition coefficient (Wildman–Crippen LogP) is 2.85. The van der Waals surface area contributed by atoms with E-state index in [0.29, 0.717) is 5.56 Å². The zero-order chi connectivity index (χ0) is 11.6. The first-order valence-corrected chi connectivity index (χ1v) is 5.60. The van der Waals surface area contributed by atoms with Crippen LogP contribution >= 0.6 is 0 Å². The molecule has 2 heteroatoms. The van der Waals surface area contributed by atoms with Gasteiger partial charge in [-0.1, -0.05) is 30.3 Å². The first kappa shape index (κ1) is 8.88. The van der Waals surface area contributed by atoms with Crippen molar-refractivity contribution in [2.24, 2.45) is 0 Å². The summed E-state index contributed by atoms with van der Waals surface area (Å²) in [5, 5.41) is 2.26. The number of allylic oxidation sites excluding steroid dienone is 1. The smallest absolute Gasteiger partial charge is 0.229 e. The Morgan fingerprint density at radius 1 is 1.00 bits per heavy atom. The molecule has 2 aromatic rings. The van der Waals surface area contributed by atoms with Crippen molar-refractivity contribution in [3.05, 3.63) is 47.0 Å². The minimum atomic E-state index is -0.337. The van der Waals surface area contributed by atoms with Crippen LogP contribution in [0.15, 0.2) is 30.3 Å². The molecule has 0 heterocycles. The first-order chi connectivity index (χ1) is 8.25. The van der Waals surface area contributed by atoms with Crippen LogP contribution < -0.4 is 0 Å². The van der Waals surface area contributed by atoms with E-state index in [1.54, 1.807) is 6.07 Å². The van der Waals surface area contributed by atoms with E-state index in [-0.39, 0.29) is 18.0 Å². The number of rotatable bonds is 0. The Kier molecular flexibility index (Phi) is 1.42. The van der Waals surface area contributed by atoms with Gasteiger partial charge in [-0.3, -0.25) is 9.59 Å². The molecule has 0 saturated heterocycles. The fourth-order valence-electron chi connectivity index (χ4n) is 2.85. The van der Waals surface area contributed by atoms with Crippen LogP contribution in [0.4, 0.5) is 0 Å². The lowest BCUT2D eigenvalue weighted by Gasteiger charge is -2.15. The Bertz CT molecular complexity index is 751. The molecule has 80 valence electrons. The van der Waals surface area contributed by atoms with Crippen molar-refractivity contribution in [1.29, 1.82) is 0 Å². The Morgan fingerprint density at radius 2 is 1.88 bits per heavy atom. The lowest BCUT2D eigenvalue weighted by atomic mass is 9.85. The van der Waals surface area contributed by atoms with Crippen molar-refractivity contribution in [2.75, 3.05) is 0 Å². The molecule has 0 bridgehead atoms. The van der Waals surface area contributed by atoms with Crippen molar-refractivity contribution in [1.82, 2.24) is 0 Å². The fraction of sp³-hybridized carbons (Fsp3) is 0.0667. The Hall–Kier alpha value is -2.22. The lowest BCUT2D eigenvalue weighted by Crippen LogP contribution is -2.20. The van der Waals surface area contributed by atoms with E-state index in [2.05, 4.69) is 0 Å². The summed E-state index contributed by atoms with van der Waals surface area (Å²) >= 11 is 0. The largest absolute Gasteiger partial charge is 0.290 e. The highest BCUT2D eigenvalue weighted by molar-refractivity contribution is 6.49. The van der Waals surface area contributed by atoms with E-state index < -0.39 is 0 Å². The zero-order valence-corrected chi connectivity index (χ0v) is 8.99. The number of hydrogen-bond acceptors (Lipinski definition) is 2. The van der Waals surface area contributed by atoms with Gasteiger partial charge in [-0.25, -0.2) is 0 Å². The summed E-state index contributed by atoms with van der Waals surface area (Å²) in [5.74, 6) is -0.633. The number of carbonyl (C=O) groups excluding carboxylic acids is 2. The van der Waals surface area contributed by atoms with Crippen LogP contribution in [-0.4, -0.2) is 11.6 Å². The molecule has 0 radical (unpaired) electrons. The summed E-state index contributed by atoms with van der Waals surface area (Å²) in [6.07, 6.45) is 2.28. The fourth-order valence-corrected chi connectivity index (χ4v) is 2.85. The molecule has 0 aromatic heterocycles. The quantitative estimate of drug-likeness (QED) is 0.640. The average molecular weight is 220 g/mol. The van der Waals surface area contributed by atoms with Crippen molar-refractivity contribution in [3.8, 4) is 0 Å². The second kappa shape index (κ2) is 2.72. The van der Waals surface area contributed by atoms with Crippen LogP contribution in [0.25, 0.3) is 22.4 Å². The molecule has 2 aliphatic rings. The Labute approximate surface area is 97.6 Å². The molecule has 0 fully saturated rings. The first-order valence-electron chi connectivity index (χ1n) is 5.60. The number of ketones is 2. The SMILES string of the molecule is O=C1CC2=Cc3cccc4ccc(c2c34)C1=O. The van der Waals surface area contributed by atoms with E-state index in [9.17, 15) is 9.59 Å². The molecule has 0 unspecified atom stereocenters. The van der Waals surface area contributed by atoms with E-state index in [4.69, 9.17) is 0 Å². The maximum atomic E-state index is 11.9. The van der Waals surface area contributed by atoms with Crippen molar-refractivity contribution in [3.63, 3.8) is 0 Å². The summed E-state index contributed by atoms with van der Waals surface area (Å²) in [7, 11) is 0. The van der Waals surface area contributed by atoms with Gasteiger partial charge in [-0.2, -0.15) is 0 Å². The maximum Gasteiger partial charge on any atom is 0.229 e. The second-order valence-electron chi connectivity index (χ2n) is 4.53. The summed E-state index contributed by atoms with van der Waals surface area (Å²) < 4.78 is 0. The molecule has 2 nitrogen and oxygen atoms in total. The second-order valence-corrected chi connectivity index (χ2v) is 4.53. The maximum absolute atomic E-state index is 11.9. The molecule has 0 aliphatic heterocycles. The highest BCUT2D eigenvalue weighted by Crippen LogP contribution is 2.42. The molecule has 4 rings (SSSR count). The minimum absolute atomic E-state index is 0.250. The molecular weight excluding hydrogens is 212 g/mol. The van der Waals surface area contributed by atoms with Crippen LogP contribution in [0.1, 0.15) is 27.9 Å². The zero-order valence-electron chi connectivity index (χ0n) is 8.99. The minimum Gasteiger partial charge on any atom is -0.290 e. The molecule has 0 N–H and O–H groups in total. The van der Waals surface area contributed by atoms with Gasteiger partial charge in [0.15, 0.2) is 0 Å². The molecule has 0 saturated carbocycles. The van der Waals surface area contributed by atoms with Gasteiger partial charge in [-0.15, -0.1) is 0 Å². The number of Topliss-reactive ketones (excluding diaryl/α,β-unsaturated/α-hetero) is 2. The highest BCUT2D eigenvalue weighted by Gasteiger charge is 2.32. The Balaban J connectivity index is 2.24. The number of benzene rings is 2. The van der Waals surface area contributed by atoms with Gasteiger partial charge in [0.25, 0.3) is 0 Å². The van der Waals surface area contributed by atoms with Crippen LogP contribution in [0.3, 0.4) is 0 Å². The number of hydrogen-bond donors (Lipinski definition) is 0. The predicted molar refractivity (Wildman–Crippen MR) is 65.8 cm³/mol. The van der Waals surface area contributed by atoms with Crippen molar-refractivity contribution in [2.45, 2.75) is 6.42 Å². The van der Waals surface area contributed by atoms with Crippen LogP contribution in [0.2, 0.25) is 0 Å². The van der Waals surface area contributed by atoms with Gasteiger partial charge < -0.3 is 0 Å². The third-order valence-corrected chi connectivity index (χ3v) is 3.58. The third-order valence-electron chi connectivity index (χ3n) is 3.58. The van der Waals surface area contributed by atoms with Crippen molar-refractivity contribution < 1.29 is 9.59 Å². The van der Waals surface area contributed by atoms with Gasteiger partial charge in [-0.05, 0) is 33.5 Å². The topological polar surface area (TPSA) is 34.1 Å². The van der Waals surface area contributed by atoms with Crippen LogP contribution in [0.5, 0.6) is 0 Å². The van der Waals surface area contributed by atoms with Gasteiger partial charge >= 0.3 is 0 Å². The number of carbonyl (C=O) groups is 2. The molecular formula is C15H8O2. The standard InChI is InChI=1S/C15H8O2/c16-12-7-10-6-9-3-1-2-8-4-5-11(15(12)17)14(10)13(8)9/h1-6H,7H2. The average Bonchev–Trinajstić information content (AvgIpc) is 2.70. The summed E-state index contributed by atoms with van der Waals surface area (Å²) in [6, 6.07) is 9.77. The normalized spacial score (nSPS) is 16.6.